The molecule has 0 saturated carbocycles. The van der Waals surface area contributed by atoms with Crippen molar-refractivity contribution >= 4 is 69.4 Å². The molecule has 1 atom stereocenters. The molecule has 0 amide bonds. The van der Waals surface area contributed by atoms with Crippen LogP contribution in [0.2, 0.25) is 0 Å². The van der Waals surface area contributed by atoms with Gasteiger partial charge in [-0.25, -0.2) is 0 Å². The van der Waals surface area contributed by atoms with Gasteiger partial charge in [0.1, 0.15) is 0 Å². The Hall–Kier alpha value is -0.0200. The fourth-order valence-corrected chi connectivity index (χ4v) is 3.15. The lowest BCUT2D eigenvalue weighted by Crippen LogP contribution is -1.97. The Bertz CT molecular complexity index is 604. The van der Waals surface area contributed by atoms with Crippen LogP contribution in [0, 0.1) is 0 Å². The zero-order valence-electron chi connectivity index (χ0n) is 8.88. The summed E-state index contributed by atoms with van der Waals surface area (Å²) < 4.78 is 0. The van der Waals surface area contributed by atoms with Crippen molar-refractivity contribution in [1.29, 1.82) is 0 Å². The lowest BCUT2D eigenvalue weighted by molar-refractivity contribution is 0.111. The average Bonchev–Trinajstić information content (AvgIpc) is 2.83. The average molecular weight is 335 g/mol. The number of carbonyl (C=O) groups is 1. The minimum Gasteiger partial charge on any atom is -0.362 e. The molecule has 0 spiro atoms. The summed E-state index contributed by atoms with van der Waals surface area (Å²) in [5.74, 6) is 0. The van der Waals surface area contributed by atoms with Crippen molar-refractivity contribution in [2.24, 2.45) is 0 Å². The van der Waals surface area contributed by atoms with E-state index in [1.807, 2.05) is 0 Å². The monoisotopic (exact) mass is 334 g/mol. The SMILES string of the molecule is O=Cc1[nH]c(C(S)c2[nH]cc(S)c2S)c(S)c1S. The summed E-state index contributed by atoms with van der Waals surface area (Å²) in [5.41, 5.74) is 1.86. The van der Waals surface area contributed by atoms with Crippen molar-refractivity contribution in [3.8, 4) is 0 Å². The highest BCUT2D eigenvalue weighted by Crippen LogP contribution is 2.39. The van der Waals surface area contributed by atoms with E-state index < -0.39 is 0 Å². The van der Waals surface area contributed by atoms with Crippen LogP contribution in [-0.2, 0) is 0 Å². The van der Waals surface area contributed by atoms with E-state index in [0.717, 1.165) is 10.6 Å². The van der Waals surface area contributed by atoms with Crippen LogP contribution in [0.15, 0.2) is 25.8 Å². The van der Waals surface area contributed by atoms with E-state index in [9.17, 15) is 4.79 Å². The maximum Gasteiger partial charge on any atom is 0.167 e. The third-order valence-corrected chi connectivity index (χ3v) is 5.16. The molecule has 1 unspecified atom stereocenters. The van der Waals surface area contributed by atoms with Gasteiger partial charge in [0.2, 0.25) is 0 Å². The largest absolute Gasteiger partial charge is 0.362 e. The molecule has 0 aliphatic heterocycles. The zero-order valence-corrected chi connectivity index (χ0v) is 13.3. The van der Waals surface area contributed by atoms with Gasteiger partial charge in [-0.05, 0) is 0 Å². The first kappa shape index (κ1) is 14.4. The van der Waals surface area contributed by atoms with Crippen molar-refractivity contribution in [3.63, 3.8) is 0 Å². The molecule has 18 heavy (non-hydrogen) atoms. The molecule has 2 N–H and O–H groups in total. The molecule has 2 rings (SSSR count). The van der Waals surface area contributed by atoms with Gasteiger partial charge in [0.05, 0.1) is 10.9 Å². The molecule has 2 heterocycles. The van der Waals surface area contributed by atoms with Crippen LogP contribution in [0.25, 0.3) is 0 Å². The number of nitrogens with one attached hydrogen (secondary N) is 2. The van der Waals surface area contributed by atoms with Crippen LogP contribution in [0.4, 0.5) is 0 Å². The van der Waals surface area contributed by atoms with Gasteiger partial charge in [0.15, 0.2) is 6.29 Å². The number of carbonyl (C=O) groups excluding carboxylic acids is 1. The van der Waals surface area contributed by atoms with Crippen molar-refractivity contribution in [1.82, 2.24) is 9.97 Å². The summed E-state index contributed by atoms with van der Waals surface area (Å²) in [6, 6.07) is 0. The first-order valence-corrected chi connectivity index (χ1v) is 7.14. The quantitative estimate of drug-likeness (QED) is 0.342. The Morgan fingerprint density at radius 2 is 1.72 bits per heavy atom. The summed E-state index contributed by atoms with van der Waals surface area (Å²) in [4.78, 5) is 19.4. The number of rotatable bonds is 3. The highest BCUT2D eigenvalue weighted by atomic mass is 32.1. The Morgan fingerprint density at radius 1 is 1.06 bits per heavy atom. The molecular formula is C10H10N2OS5. The van der Waals surface area contributed by atoms with Crippen molar-refractivity contribution in [3.05, 3.63) is 23.3 Å². The molecule has 0 aliphatic carbocycles. The summed E-state index contributed by atoms with van der Waals surface area (Å²) in [6.07, 6.45) is 2.43. The van der Waals surface area contributed by atoms with Crippen molar-refractivity contribution < 1.29 is 4.79 Å². The highest BCUT2D eigenvalue weighted by molar-refractivity contribution is 7.84. The van der Waals surface area contributed by atoms with Crippen LogP contribution in [-0.4, -0.2) is 16.3 Å². The summed E-state index contributed by atoms with van der Waals surface area (Å²) in [6.45, 7) is 0. The van der Waals surface area contributed by atoms with E-state index in [2.05, 4.69) is 73.1 Å². The maximum absolute atomic E-state index is 10.8. The second-order valence-corrected chi connectivity index (χ2v) is 5.95. The van der Waals surface area contributed by atoms with Crippen LogP contribution >= 0.6 is 63.1 Å². The summed E-state index contributed by atoms with van der Waals surface area (Å²) >= 11 is 21.7. The number of aldehydes is 1. The third-order valence-electron chi connectivity index (χ3n) is 2.53. The topological polar surface area (TPSA) is 48.6 Å². The van der Waals surface area contributed by atoms with Gasteiger partial charge in [-0.15, -0.1) is 50.5 Å². The smallest absolute Gasteiger partial charge is 0.167 e. The van der Waals surface area contributed by atoms with Gasteiger partial charge < -0.3 is 9.97 Å². The molecule has 0 fully saturated rings. The zero-order chi connectivity index (χ0) is 13.4. The van der Waals surface area contributed by atoms with Crippen LogP contribution in [0.3, 0.4) is 0 Å². The summed E-state index contributed by atoms with van der Waals surface area (Å²) in [7, 11) is 0. The third kappa shape index (κ3) is 2.36. The van der Waals surface area contributed by atoms with E-state index >= 15 is 0 Å². The van der Waals surface area contributed by atoms with E-state index in [-0.39, 0.29) is 5.25 Å². The number of hydrogen-bond acceptors (Lipinski definition) is 6. The second kappa shape index (κ2) is 5.54. The molecule has 0 aliphatic rings. The van der Waals surface area contributed by atoms with E-state index in [1.165, 1.54) is 0 Å². The summed E-state index contributed by atoms with van der Waals surface area (Å²) in [5, 5.41) is -0.314. The Kier molecular flexibility index (Phi) is 4.43. The molecule has 96 valence electrons. The van der Waals surface area contributed by atoms with Crippen molar-refractivity contribution in [2.75, 3.05) is 0 Å². The minimum absolute atomic E-state index is 0.314. The number of aromatic nitrogens is 2. The van der Waals surface area contributed by atoms with Gasteiger partial charge in [-0.1, -0.05) is 0 Å². The maximum atomic E-state index is 10.8. The van der Waals surface area contributed by atoms with Crippen LogP contribution in [0.5, 0.6) is 0 Å². The molecule has 2 aromatic heterocycles. The molecular weight excluding hydrogens is 324 g/mol. The van der Waals surface area contributed by atoms with Crippen molar-refractivity contribution in [2.45, 2.75) is 24.8 Å². The molecule has 0 bridgehead atoms. The molecule has 2 aromatic rings. The first-order chi connectivity index (χ1) is 8.47. The Balaban J connectivity index is 2.49. The predicted molar refractivity (Wildman–Crippen MR) is 86.8 cm³/mol. The van der Waals surface area contributed by atoms with Gasteiger partial charge >= 0.3 is 0 Å². The van der Waals surface area contributed by atoms with Crippen LogP contribution in [0.1, 0.15) is 27.1 Å². The van der Waals surface area contributed by atoms with E-state index in [1.54, 1.807) is 6.20 Å². The minimum atomic E-state index is -0.314. The molecule has 3 nitrogen and oxygen atoms in total. The predicted octanol–water partition coefficient (Wildman–Crippen LogP) is 3.33. The fourth-order valence-electron chi connectivity index (χ4n) is 1.58. The number of hydrogen-bond donors (Lipinski definition) is 7. The standard InChI is InChI=1S/C10H10N2OS5/c13-2-3-7(15)10(18)6(12-3)9(17)5-8(16)4(14)1-11-5/h1-2,9,11-12,14-18H. The number of H-pyrrole nitrogens is 2. The lowest BCUT2D eigenvalue weighted by Gasteiger charge is -2.10. The fraction of sp³-hybridized carbons (Fsp3) is 0.100. The number of thiol groups is 5. The van der Waals surface area contributed by atoms with Crippen LogP contribution < -0.4 is 0 Å². The molecule has 0 radical (unpaired) electrons. The molecule has 0 aromatic carbocycles. The van der Waals surface area contributed by atoms with Gasteiger partial charge in [0.25, 0.3) is 0 Å². The second-order valence-electron chi connectivity index (χ2n) is 3.61. The highest BCUT2D eigenvalue weighted by Gasteiger charge is 2.22. The molecule has 8 heteroatoms. The van der Waals surface area contributed by atoms with Gasteiger partial charge in [-0.2, -0.15) is 12.6 Å². The first-order valence-electron chi connectivity index (χ1n) is 4.83. The Morgan fingerprint density at radius 3 is 2.17 bits per heavy atom. The van der Waals surface area contributed by atoms with E-state index in [0.29, 0.717) is 32.4 Å². The number of aromatic amines is 2. The van der Waals surface area contributed by atoms with Gasteiger partial charge in [0, 0.05) is 37.2 Å². The van der Waals surface area contributed by atoms with Gasteiger partial charge in [-0.3, -0.25) is 4.79 Å². The lowest BCUT2D eigenvalue weighted by atomic mass is 10.2. The Labute approximate surface area is 132 Å². The normalized spacial score (nSPS) is 12.7. The van der Waals surface area contributed by atoms with E-state index in [4.69, 9.17) is 0 Å². The molecule has 0 saturated heterocycles.